The second-order valence-electron chi connectivity index (χ2n) is 4.89. The molecular weight excluding hydrogens is 348 g/mol. The smallest absolute Gasteiger partial charge is 0.180 e. The Bertz CT molecular complexity index is 693. The zero-order valence-corrected chi connectivity index (χ0v) is 15.5. The summed E-state index contributed by atoms with van der Waals surface area (Å²) in [7, 11) is 0. The normalized spacial score (nSPS) is 12.2. The van der Waals surface area contributed by atoms with E-state index in [1.807, 2.05) is 31.2 Å². The summed E-state index contributed by atoms with van der Waals surface area (Å²) in [5.41, 5.74) is 7.90. The summed E-state index contributed by atoms with van der Waals surface area (Å²) in [6.07, 6.45) is 3.57. The molecule has 0 fully saturated rings. The Kier molecular flexibility index (Phi) is 7.08. The number of hydrogen-bond donors (Lipinski definition) is 1. The molecule has 23 heavy (non-hydrogen) atoms. The Morgan fingerprint density at radius 2 is 2.13 bits per heavy atom. The average molecular weight is 367 g/mol. The van der Waals surface area contributed by atoms with Gasteiger partial charge in [0.05, 0.1) is 21.8 Å². The number of amidine groups is 1. The summed E-state index contributed by atoms with van der Waals surface area (Å²) in [5.74, 6) is 0.954. The van der Waals surface area contributed by atoms with E-state index in [0.29, 0.717) is 5.17 Å². The number of aryl methyl sites for hydroxylation is 1. The van der Waals surface area contributed by atoms with Crippen LogP contribution in [0, 0.1) is 6.92 Å². The number of nitrogens with two attached hydrogens (primary N) is 1. The number of benzene rings is 1. The second kappa shape index (κ2) is 9.05. The number of aromatic nitrogens is 1. The quantitative estimate of drug-likeness (QED) is 0.465. The van der Waals surface area contributed by atoms with Crippen molar-refractivity contribution in [1.82, 2.24) is 4.98 Å². The lowest BCUT2D eigenvalue weighted by molar-refractivity contribution is 1.10. The third-order valence-corrected chi connectivity index (χ3v) is 5.26. The van der Waals surface area contributed by atoms with Gasteiger partial charge in [-0.3, -0.25) is 0 Å². The van der Waals surface area contributed by atoms with Crippen molar-refractivity contribution < 1.29 is 0 Å². The third kappa shape index (κ3) is 5.97. The number of nitrogens with zero attached hydrogens (tertiary/aromatic N) is 3. The number of rotatable bonds is 6. The molecule has 0 saturated carbocycles. The molecule has 1 aromatic carbocycles. The molecule has 7 heteroatoms. The molecule has 1 aromatic heterocycles. The molecule has 0 aliphatic carbocycles. The van der Waals surface area contributed by atoms with Gasteiger partial charge in [0.2, 0.25) is 0 Å². The number of halogens is 1. The highest BCUT2D eigenvalue weighted by atomic mass is 35.5. The highest BCUT2D eigenvalue weighted by Gasteiger charge is 2.06. The van der Waals surface area contributed by atoms with Gasteiger partial charge in [-0.25, -0.2) is 4.98 Å². The predicted molar refractivity (Wildman–Crippen MR) is 103 cm³/mol. The molecule has 2 rings (SSSR count). The lowest BCUT2D eigenvalue weighted by Crippen LogP contribution is -2.06. The van der Waals surface area contributed by atoms with Gasteiger partial charge in [0.15, 0.2) is 5.17 Å². The van der Waals surface area contributed by atoms with Gasteiger partial charge in [-0.1, -0.05) is 42.4 Å². The van der Waals surface area contributed by atoms with Crippen LogP contribution in [0.1, 0.15) is 34.5 Å². The first-order valence-corrected chi connectivity index (χ1v) is 9.46. The van der Waals surface area contributed by atoms with Gasteiger partial charge in [0.1, 0.15) is 0 Å². The van der Waals surface area contributed by atoms with Gasteiger partial charge in [0.25, 0.3) is 0 Å². The van der Waals surface area contributed by atoms with Gasteiger partial charge >= 0.3 is 0 Å². The van der Waals surface area contributed by atoms with Crippen molar-refractivity contribution in [3.8, 4) is 0 Å². The zero-order chi connectivity index (χ0) is 16.7. The minimum Gasteiger partial charge on any atom is -0.377 e. The van der Waals surface area contributed by atoms with Crippen LogP contribution in [-0.2, 0) is 6.42 Å². The number of thioether (sulfide) groups is 1. The lowest BCUT2D eigenvalue weighted by atomic mass is 10.2. The second-order valence-corrected chi connectivity index (χ2v) is 7.56. The van der Waals surface area contributed by atoms with Crippen molar-refractivity contribution >= 4 is 46.1 Å². The van der Waals surface area contributed by atoms with Crippen LogP contribution < -0.4 is 5.73 Å². The molecule has 0 saturated heterocycles. The van der Waals surface area contributed by atoms with Crippen molar-refractivity contribution in [3.05, 3.63) is 50.4 Å². The van der Waals surface area contributed by atoms with Crippen molar-refractivity contribution in [3.63, 3.8) is 0 Å². The van der Waals surface area contributed by atoms with Crippen LogP contribution >= 0.6 is 34.7 Å². The largest absolute Gasteiger partial charge is 0.377 e. The summed E-state index contributed by atoms with van der Waals surface area (Å²) < 4.78 is 0. The van der Waals surface area contributed by atoms with Gasteiger partial charge in [0, 0.05) is 17.2 Å². The first-order valence-electron chi connectivity index (χ1n) is 7.28. The lowest BCUT2D eigenvalue weighted by Gasteiger charge is -1.97. The Hall–Kier alpha value is -1.37. The summed E-state index contributed by atoms with van der Waals surface area (Å²) in [6, 6.07) is 7.82. The van der Waals surface area contributed by atoms with E-state index in [1.165, 1.54) is 17.3 Å². The third-order valence-electron chi connectivity index (χ3n) is 2.93. The van der Waals surface area contributed by atoms with Crippen LogP contribution in [0.2, 0.25) is 5.02 Å². The molecule has 122 valence electrons. The minimum absolute atomic E-state index is 0.492. The van der Waals surface area contributed by atoms with Gasteiger partial charge in [-0.15, -0.1) is 16.4 Å². The maximum atomic E-state index is 5.90. The van der Waals surface area contributed by atoms with Crippen LogP contribution in [0.3, 0.4) is 0 Å². The Morgan fingerprint density at radius 1 is 1.39 bits per heavy atom. The first-order chi connectivity index (χ1) is 11.1. The fraction of sp³-hybridized carbons (Fsp3) is 0.312. The topological polar surface area (TPSA) is 63.6 Å². The molecule has 0 aliphatic rings. The maximum absolute atomic E-state index is 5.90. The summed E-state index contributed by atoms with van der Waals surface area (Å²) in [5, 5.41) is 10.3. The highest BCUT2D eigenvalue weighted by molar-refractivity contribution is 8.13. The van der Waals surface area contributed by atoms with E-state index in [1.54, 1.807) is 17.6 Å². The molecule has 2 aromatic rings. The summed E-state index contributed by atoms with van der Waals surface area (Å²) in [4.78, 5) is 5.59. The fourth-order valence-electron chi connectivity index (χ4n) is 1.81. The fourth-order valence-corrected chi connectivity index (χ4v) is 3.42. The molecule has 4 nitrogen and oxygen atoms in total. The Labute approximate surface area is 149 Å². The average Bonchev–Trinajstić information content (AvgIpc) is 2.87. The molecule has 2 N–H and O–H groups in total. The number of thiazole rings is 1. The molecule has 0 aliphatic heterocycles. The zero-order valence-electron chi connectivity index (χ0n) is 13.1. The van der Waals surface area contributed by atoms with Crippen molar-refractivity contribution in [1.29, 1.82) is 0 Å². The highest BCUT2D eigenvalue weighted by Crippen LogP contribution is 2.20. The Balaban J connectivity index is 2.01. The van der Waals surface area contributed by atoms with Crippen LogP contribution in [-0.4, -0.2) is 22.1 Å². The van der Waals surface area contributed by atoms with Crippen molar-refractivity contribution in [2.24, 2.45) is 15.9 Å². The summed E-state index contributed by atoms with van der Waals surface area (Å²) >= 11 is 9.04. The monoisotopic (exact) mass is 366 g/mol. The van der Waals surface area contributed by atoms with E-state index >= 15 is 0 Å². The number of hydrogen-bond acceptors (Lipinski definition) is 5. The molecule has 0 spiro atoms. The van der Waals surface area contributed by atoms with E-state index in [0.717, 1.165) is 39.2 Å². The van der Waals surface area contributed by atoms with E-state index in [-0.39, 0.29) is 0 Å². The standard InChI is InChI=1S/C16H19ClN4S2/c1-3-8-22-16(18)21-19-10-14-11(2)20-15(23-14)9-12-4-6-13(17)7-5-12/h4-7,10H,3,8-9H2,1-2H3,(H2,18,21)/b19-10+. The Morgan fingerprint density at radius 3 is 2.83 bits per heavy atom. The van der Waals surface area contributed by atoms with E-state index in [9.17, 15) is 0 Å². The van der Waals surface area contributed by atoms with Crippen molar-refractivity contribution in [2.75, 3.05) is 5.75 Å². The van der Waals surface area contributed by atoms with Crippen LogP contribution in [0.15, 0.2) is 34.5 Å². The first kappa shape index (κ1) is 18.0. The minimum atomic E-state index is 0.492. The van der Waals surface area contributed by atoms with Gasteiger partial charge < -0.3 is 5.73 Å². The maximum Gasteiger partial charge on any atom is 0.180 e. The van der Waals surface area contributed by atoms with Gasteiger partial charge in [-0.05, 0) is 31.0 Å². The van der Waals surface area contributed by atoms with Crippen LogP contribution in [0.25, 0.3) is 0 Å². The van der Waals surface area contributed by atoms with Crippen LogP contribution in [0.5, 0.6) is 0 Å². The molecule has 1 heterocycles. The molecule has 0 bridgehead atoms. The predicted octanol–water partition coefficient (Wildman–Crippen LogP) is 4.49. The molecular formula is C16H19ClN4S2. The molecule has 0 radical (unpaired) electrons. The summed E-state index contributed by atoms with van der Waals surface area (Å²) in [6.45, 7) is 4.08. The van der Waals surface area contributed by atoms with E-state index in [2.05, 4.69) is 22.1 Å². The SMILES string of the molecule is CCCS/C(N)=N/N=C/c1sc(Cc2ccc(Cl)cc2)nc1C. The van der Waals surface area contributed by atoms with E-state index in [4.69, 9.17) is 17.3 Å². The van der Waals surface area contributed by atoms with Crippen LogP contribution in [0.4, 0.5) is 0 Å². The van der Waals surface area contributed by atoms with Gasteiger partial charge in [-0.2, -0.15) is 5.10 Å². The van der Waals surface area contributed by atoms with E-state index < -0.39 is 0 Å². The molecule has 0 unspecified atom stereocenters. The molecule has 0 atom stereocenters. The van der Waals surface area contributed by atoms with Crippen molar-refractivity contribution in [2.45, 2.75) is 26.7 Å². The molecule has 0 amide bonds.